The summed E-state index contributed by atoms with van der Waals surface area (Å²) in [7, 11) is -2.47. The van der Waals surface area contributed by atoms with E-state index in [0.717, 1.165) is 0 Å². The molecule has 2 aromatic carbocycles. The van der Waals surface area contributed by atoms with Gasteiger partial charge in [-0.15, -0.1) is 0 Å². The van der Waals surface area contributed by atoms with E-state index in [1.54, 1.807) is 50.2 Å². The Morgan fingerprint density at radius 3 is 2.52 bits per heavy atom. The van der Waals surface area contributed by atoms with Gasteiger partial charge in [-0.2, -0.15) is 0 Å². The van der Waals surface area contributed by atoms with E-state index in [-0.39, 0.29) is 18.1 Å². The molecular weight excluding hydrogens is 398 g/mol. The van der Waals surface area contributed by atoms with Crippen LogP contribution in [0, 0.1) is 13.8 Å². The summed E-state index contributed by atoms with van der Waals surface area (Å²) in [6.45, 7) is 2.83. The van der Waals surface area contributed by atoms with Crippen molar-refractivity contribution < 1.29 is 32.5 Å². The van der Waals surface area contributed by atoms with E-state index in [0.29, 0.717) is 28.3 Å². The summed E-state index contributed by atoms with van der Waals surface area (Å²) in [4.78, 5) is 11.0. The Morgan fingerprint density at radius 2 is 1.90 bits per heavy atom. The topological polar surface area (TPSA) is 102 Å². The first-order valence-electron chi connectivity index (χ1n) is 8.96. The van der Waals surface area contributed by atoms with Crippen LogP contribution in [-0.4, -0.2) is 52.5 Å². The quantitative estimate of drug-likeness (QED) is 0.732. The molecule has 1 aliphatic rings. The van der Waals surface area contributed by atoms with Crippen LogP contribution in [0.5, 0.6) is 11.5 Å². The third-order valence-corrected chi connectivity index (χ3v) is 6.76. The summed E-state index contributed by atoms with van der Waals surface area (Å²) in [6, 6.07) is 9.46. The molecule has 0 spiro atoms. The summed E-state index contributed by atoms with van der Waals surface area (Å²) in [5.41, 5.74) is 1.49. The SMILES string of the molecule is COc1cc(C)c(S(=O)(=O)N2c3ccccc3OCC2COCC(=O)O)c(C)c1. The Labute approximate surface area is 169 Å². The Hall–Kier alpha value is -2.78. The van der Waals surface area contributed by atoms with E-state index >= 15 is 0 Å². The highest BCUT2D eigenvalue weighted by atomic mass is 32.2. The number of aliphatic carboxylic acids is 1. The number of para-hydroxylation sites is 2. The Kier molecular flexibility index (Phi) is 5.99. The van der Waals surface area contributed by atoms with Crippen molar-refractivity contribution in [2.75, 3.05) is 31.2 Å². The highest BCUT2D eigenvalue weighted by molar-refractivity contribution is 7.93. The van der Waals surface area contributed by atoms with Crippen LogP contribution in [0.3, 0.4) is 0 Å². The Morgan fingerprint density at radius 1 is 1.24 bits per heavy atom. The molecule has 2 aromatic rings. The number of hydrogen-bond donors (Lipinski definition) is 1. The van der Waals surface area contributed by atoms with Gasteiger partial charge in [0.15, 0.2) is 0 Å². The number of carboxylic acid groups (broad SMARTS) is 1. The molecule has 0 amide bonds. The zero-order chi connectivity index (χ0) is 21.2. The number of fused-ring (bicyclic) bond motifs is 1. The minimum Gasteiger partial charge on any atom is -0.497 e. The predicted octanol–water partition coefficient (Wildman–Crippen LogP) is 2.37. The van der Waals surface area contributed by atoms with Gasteiger partial charge in [0, 0.05) is 0 Å². The number of benzene rings is 2. The van der Waals surface area contributed by atoms with Gasteiger partial charge in [-0.25, -0.2) is 13.2 Å². The molecule has 1 atom stereocenters. The molecule has 0 saturated heterocycles. The maximum absolute atomic E-state index is 13.8. The van der Waals surface area contributed by atoms with Gasteiger partial charge < -0.3 is 19.3 Å². The zero-order valence-electron chi connectivity index (χ0n) is 16.4. The van der Waals surface area contributed by atoms with Crippen molar-refractivity contribution in [2.24, 2.45) is 0 Å². The van der Waals surface area contributed by atoms with Crippen LogP contribution in [0.4, 0.5) is 5.69 Å². The number of ether oxygens (including phenoxy) is 3. The molecule has 1 unspecified atom stereocenters. The molecule has 1 aliphatic heterocycles. The molecule has 29 heavy (non-hydrogen) atoms. The van der Waals surface area contributed by atoms with Gasteiger partial charge in [0.25, 0.3) is 10.0 Å². The van der Waals surface area contributed by atoms with Crippen LogP contribution >= 0.6 is 0 Å². The average Bonchev–Trinajstić information content (AvgIpc) is 2.66. The lowest BCUT2D eigenvalue weighted by atomic mass is 10.1. The first-order chi connectivity index (χ1) is 13.8. The predicted molar refractivity (Wildman–Crippen MR) is 106 cm³/mol. The molecule has 0 radical (unpaired) electrons. The van der Waals surface area contributed by atoms with Gasteiger partial charge >= 0.3 is 5.97 Å². The fourth-order valence-corrected chi connectivity index (χ4v) is 5.52. The number of rotatable bonds is 7. The molecule has 0 aromatic heterocycles. The maximum atomic E-state index is 13.8. The fourth-order valence-electron chi connectivity index (χ4n) is 3.47. The molecule has 0 bridgehead atoms. The molecule has 1 heterocycles. The van der Waals surface area contributed by atoms with Crippen LogP contribution < -0.4 is 13.8 Å². The number of sulfonamides is 1. The molecule has 0 saturated carbocycles. The normalized spacial score (nSPS) is 16.1. The van der Waals surface area contributed by atoms with E-state index in [1.807, 2.05) is 0 Å². The largest absolute Gasteiger partial charge is 0.497 e. The number of carbonyl (C=O) groups is 1. The average molecular weight is 421 g/mol. The molecule has 1 N–H and O–H groups in total. The smallest absolute Gasteiger partial charge is 0.329 e. The van der Waals surface area contributed by atoms with Gasteiger partial charge in [0.05, 0.1) is 24.3 Å². The lowest BCUT2D eigenvalue weighted by Gasteiger charge is -2.37. The number of hydrogen-bond acceptors (Lipinski definition) is 6. The molecule has 9 heteroatoms. The van der Waals surface area contributed by atoms with Crippen LogP contribution in [-0.2, 0) is 19.6 Å². The van der Waals surface area contributed by atoms with Crippen LogP contribution in [0.2, 0.25) is 0 Å². The van der Waals surface area contributed by atoms with Crippen molar-refractivity contribution in [3.05, 3.63) is 47.5 Å². The van der Waals surface area contributed by atoms with Gasteiger partial charge in [-0.3, -0.25) is 4.31 Å². The van der Waals surface area contributed by atoms with Crippen LogP contribution in [0.15, 0.2) is 41.3 Å². The molecular formula is C20H23NO7S. The highest BCUT2D eigenvalue weighted by Crippen LogP contribution is 2.39. The third-order valence-electron chi connectivity index (χ3n) is 4.59. The second-order valence-corrected chi connectivity index (χ2v) is 8.48. The van der Waals surface area contributed by atoms with Crippen molar-refractivity contribution in [3.8, 4) is 11.5 Å². The summed E-state index contributed by atoms with van der Waals surface area (Å²) in [5, 5.41) is 8.83. The van der Waals surface area contributed by atoms with Crippen molar-refractivity contribution in [2.45, 2.75) is 24.8 Å². The molecule has 0 fully saturated rings. The van der Waals surface area contributed by atoms with Crippen molar-refractivity contribution in [3.63, 3.8) is 0 Å². The van der Waals surface area contributed by atoms with Crippen LogP contribution in [0.25, 0.3) is 0 Å². The first kappa shape index (κ1) is 20.9. The van der Waals surface area contributed by atoms with Crippen LogP contribution in [0.1, 0.15) is 11.1 Å². The minimum absolute atomic E-state index is 0.0457. The van der Waals surface area contributed by atoms with Crippen molar-refractivity contribution in [1.82, 2.24) is 0 Å². The Bertz CT molecular complexity index is 996. The zero-order valence-corrected chi connectivity index (χ0v) is 17.2. The lowest BCUT2D eigenvalue weighted by Crippen LogP contribution is -2.49. The summed E-state index contributed by atoms with van der Waals surface area (Å²) < 4.78 is 44.9. The molecule has 156 valence electrons. The van der Waals surface area contributed by atoms with E-state index in [4.69, 9.17) is 19.3 Å². The minimum atomic E-state index is -3.99. The van der Waals surface area contributed by atoms with E-state index < -0.39 is 28.6 Å². The monoisotopic (exact) mass is 421 g/mol. The summed E-state index contributed by atoms with van der Waals surface area (Å²) >= 11 is 0. The van der Waals surface area contributed by atoms with Gasteiger partial charge in [-0.1, -0.05) is 12.1 Å². The Balaban J connectivity index is 2.08. The second-order valence-electron chi connectivity index (χ2n) is 6.73. The maximum Gasteiger partial charge on any atom is 0.329 e. The lowest BCUT2D eigenvalue weighted by molar-refractivity contribution is -0.142. The van der Waals surface area contributed by atoms with Gasteiger partial charge in [-0.05, 0) is 49.2 Å². The van der Waals surface area contributed by atoms with Crippen molar-refractivity contribution >= 4 is 21.7 Å². The van der Waals surface area contributed by atoms with Gasteiger partial charge in [0.2, 0.25) is 0 Å². The molecule has 8 nitrogen and oxygen atoms in total. The van der Waals surface area contributed by atoms with E-state index in [2.05, 4.69) is 0 Å². The summed E-state index contributed by atoms with van der Waals surface area (Å²) in [6.07, 6.45) is 0. The van der Waals surface area contributed by atoms with E-state index in [9.17, 15) is 13.2 Å². The standard InChI is InChI=1S/C20H23NO7S/c1-13-8-16(26-3)9-14(2)20(13)29(24,25)21-15(10-27-12-19(22)23)11-28-18-7-5-4-6-17(18)21/h4-9,15H,10-12H2,1-3H3,(H,22,23). The fraction of sp³-hybridized carbons (Fsp3) is 0.350. The number of methoxy groups -OCH3 is 1. The number of carboxylic acids is 1. The first-order valence-corrected chi connectivity index (χ1v) is 10.4. The number of aryl methyl sites for hydroxylation is 2. The molecule has 3 rings (SSSR count). The summed E-state index contributed by atoms with van der Waals surface area (Å²) in [5.74, 6) is -0.115. The van der Waals surface area contributed by atoms with Gasteiger partial charge in [0.1, 0.15) is 30.8 Å². The number of anilines is 1. The molecule has 0 aliphatic carbocycles. The number of nitrogens with zero attached hydrogens (tertiary/aromatic N) is 1. The highest BCUT2D eigenvalue weighted by Gasteiger charge is 2.39. The van der Waals surface area contributed by atoms with Crippen molar-refractivity contribution in [1.29, 1.82) is 0 Å². The second kappa shape index (κ2) is 8.30. The third kappa shape index (κ3) is 4.15. The van der Waals surface area contributed by atoms with E-state index in [1.165, 1.54) is 11.4 Å².